The van der Waals surface area contributed by atoms with Crippen molar-refractivity contribution in [3.8, 4) is 17.2 Å². The van der Waals surface area contributed by atoms with Gasteiger partial charge in [0.05, 0.1) is 17.5 Å². The number of aromatic nitrogens is 3. The highest BCUT2D eigenvalue weighted by atomic mass is 32.2. The predicted octanol–water partition coefficient (Wildman–Crippen LogP) is 3.55. The minimum atomic E-state index is -4.69. The first-order valence-corrected chi connectivity index (χ1v) is 9.44. The Labute approximate surface area is 165 Å². The summed E-state index contributed by atoms with van der Waals surface area (Å²) in [5.41, 5.74) is 0.000579. The molecule has 150 valence electrons. The van der Waals surface area contributed by atoms with Crippen molar-refractivity contribution in [2.45, 2.75) is 32.0 Å². The molecule has 1 N–H and O–H groups in total. The van der Waals surface area contributed by atoms with Crippen molar-refractivity contribution >= 4 is 17.7 Å². The number of pyridine rings is 1. The number of hydrogen-bond acceptors (Lipinski definition) is 5. The molecule has 2 heterocycles. The largest absolute Gasteiger partial charge is 0.433 e. The SMILES string of the molecule is Cc1c(-c2cc(C(F)(F)F)nc(SCC(=O)NCC(C)C)c2C#N)cnn1C. The molecule has 0 saturated carbocycles. The van der Waals surface area contributed by atoms with E-state index in [2.05, 4.69) is 15.4 Å². The third kappa shape index (κ3) is 5.04. The van der Waals surface area contributed by atoms with E-state index < -0.39 is 11.9 Å². The van der Waals surface area contributed by atoms with E-state index in [-0.39, 0.29) is 33.7 Å². The lowest BCUT2D eigenvalue weighted by Crippen LogP contribution is -2.28. The second-order valence-corrected chi connectivity index (χ2v) is 7.56. The fourth-order valence-corrected chi connectivity index (χ4v) is 3.19. The van der Waals surface area contributed by atoms with Crippen LogP contribution >= 0.6 is 11.8 Å². The van der Waals surface area contributed by atoms with Crippen molar-refractivity contribution in [2.75, 3.05) is 12.3 Å². The van der Waals surface area contributed by atoms with Crippen LogP contribution in [0.25, 0.3) is 11.1 Å². The molecule has 1 amide bonds. The minimum absolute atomic E-state index is 0.00856. The predicted molar refractivity (Wildman–Crippen MR) is 99.5 cm³/mol. The van der Waals surface area contributed by atoms with E-state index in [0.29, 0.717) is 17.8 Å². The fourth-order valence-electron chi connectivity index (χ4n) is 2.36. The number of halogens is 3. The summed E-state index contributed by atoms with van der Waals surface area (Å²) in [4.78, 5) is 15.5. The van der Waals surface area contributed by atoms with Gasteiger partial charge in [-0.05, 0) is 18.9 Å². The molecule has 0 aliphatic rings. The highest BCUT2D eigenvalue weighted by molar-refractivity contribution is 8.00. The van der Waals surface area contributed by atoms with Gasteiger partial charge in [0.2, 0.25) is 5.91 Å². The van der Waals surface area contributed by atoms with E-state index in [9.17, 15) is 23.2 Å². The van der Waals surface area contributed by atoms with Gasteiger partial charge in [-0.1, -0.05) is 25.6 Å². The van der Waals surface area contributed by atoms with Crippen molar-refractivity contribution in [1.29, 1.82) is 5.26 Å². The summed E-state index contributed by atoms with van der Waals surface area (Å²) in [7, 11) is 1.66. The first-order valence-electron chi connectivity index (χ1n) is 8.45. The molecule has 0 radical (unpaired) electrons. The molecule has 0 aliphatic heterocycles. The summed E-state index contributed by atoms with van der Waals surface area (Å²) >= 11 is 0.810. The monoisotopic (exact) mass is 411 g/mol. The molecule has 28 heavy (non-hydrogen) atoms. The smallest absolute Gasteiger partial charge is 0.355 e. The highest BCUT2D eigenvalue weighted by Crippen LogP contribution is 2.37. The Morgan fingerprint density at radius 2 is 2.07 bits per heavy atom. The summed E-state index contributed by atoms with van der Waals surface area (Å²) < 4.78 is 41.6. The Kier molecular flexibility index (Phi) is 6.72. The standard InChI is InChI=1S/C18H20F3N5OS/c1-10(2)7-23-16(27)9-28-17-13(6-22)12(5-15(25-17)18(19,20)21)14-8-24-26(4)11(14)3/h5,8,10H,7,9H2,1-4H3,(H,23,27). The number of hydrogen-bond donors (Lipinski definition) is 1. The molecule has 0 aliphatic carbocycles. The van der Waals surface area contributed by atoms with Crippen LogP contribution in [0.3, 0.4) is 0 Å². The molecule has 0 fully saturated rings. The van der Waals surface area contributed by atoms with Crippen LogP contribution in [-0.4, -0.2) is 33.0 Å². The first kappa shape index (κ1) is 21.8. The molecule has 2 aromatic rings. The molecule has 0 unspecified atom stereocenters. The number of nitrogens with zero attached hydrogens (tertiary/aromatic N) is 4. The second-order valence-electron chi connectivity index (χ2n) is 6.60. The summed E-state index contributed by atoms with van der Waals surface area (Å²) in [5.74, 6) is -0.224. The molecule has 2 aromatic heterocycles. The number of carbonyl (C=O) groups is 1. The van der Waals surface area contributed by atoms with Crippen molar-refractivity contribution < 1.29 is 18.0 Å². The van der Waals surface area contributed by atoms with E-state index >= 15 is 0 Å². The van der Waals surface area contributed by atoms with Crippen molar-refractivity contribution in [3.63, 3.8) is 0 Å². The summed E-state index contributed by atoms with van der Waals surface area (Å²) in [6, 6.07) is 2.78. The Morgan fingerprint density at radius 3 is 2.57 bits per heavy atom. The van der Waals surface area contributed by atoms with Gasteiger partial charge in [-0.15, -0.1) is 0 Å². The van der Waals surface area contributed by atoms with Gasteiger partial charge in [0.25, 0.3) is 0 Å². The number of nitrogens with one attached hydrogen (secondary N) is 1. The average Bonchev–Trinajstić information content (AvgIpc) is 2.95. The summed E-state index contributed by atoms with van der Waals surface area (Å²) in [6.07, 6.45) is -3.27. The van der Waals surface area contributed by atoms with Gasteiger partial charge in [-0.2, -0.15) is 23.5 Å². The van der Waals surface area contributed by atoms with Gasteiger partial charge in [0, 0.05) is 30.4 Å². The zero-order valence-corrected chi connectivity index (χ0v) is 16.7. The van der Waals surface area contributed by atoms with Crippen molar-refractivity contribution in [1.82, 2.24) is 20.1 Å². The summed E-state index contributed by atoms with van der Waals surface area (Å²) in [5, 5.41) is 16.2. The van der Waals surface area contributed by atoms with Gasteiger partial charge in [-0.3, -0.25) is 9.48 Å². The molecule has 0 spiro atoms. The van der Waals surface area contributed by atoms with Crippen LogP contribution in [0.15, 0.2) is 17.3 Å². The number of rotatable bonds is 6. The Balaban J connectivity index is 2.47. The fraction of sp³-hybridized carbons (Fsp3) is 0.444. The Morgan fingerprint density at radius 1 is 1.39 bits per heavy atom. The molecule has 0 saturated heterocycles. The minimum Gasteiger partial charge on any atom is -0.355 e. The molecular weight excluding hydrogens is 391 g/mol. The zero-order chi connectivity index (χ0) is 21.1. The van der Waals surface area contributed by atoms with E-state index in [1.54, 1.807) is 14.0 Å². The van der Waals surface area contributed by atoms with Crippen LogP contribution in [-0.2, 0) is 18.0 Å². The molecule has 0 bridgehead atoms. The Hall–Kier alpha value is -2.54. The normalized spacial score (nSPS) is 11.5. The summed E-state index contributed by atoms with van der Waals surface area (Å²) in [6.45, 7) is 6.01. The van der Waals surface area contributed by atoms with Crippen LogP contribution in [0, 0.1) is 24.2 Å². The lowest BCUT2D eigenvalue weighted by atomic mass is 10.0. The second kappa shape index (κ2) is 8.65. The number of carbonyl (C=O) groups excluding carboxylic acids is 1. The van der Waals surface area contributed by atoms with E-state index in [1.165, 1.54) is 10.9 Å². The first-order chi connectivity index (χ1) is 13.0. The molecule has 10 heteroatoms. The van der Waals surface area contributed by atoms with E-state index in [0.717, 1.165) is 17.8 Å². The van der Waals surface area contributed by atoms with E-state index in [4.69, 9.17) is 0 Å². The van der Waals surface area contributed by atoms with Gasteiger partial charge < -0.3 is 5.32 Å². The van der Waals surface area contributed by atoms with Crippen LogP contribution in [0.1, 0.15) is 30.8 Å². The average molecular weight is 411 g/mol. The van der Waals surface area contributed by atoms with Crippen LogP contribution in [0.4, 0.5) is 13.2 Å². The zero-order valence-electron chi connectivity index (χ0n) is 15.9. The van der Waals surface area contributed by atoms with Crippen molar-refractivity contribution in [3.05, 3.63) is 29.2 Å². The van der Waals surface area contributed by atoms with Crippen molar-refractivity contribution in [2.24, 2.45) is 13.0 Å². The van der Waals surface area contributed by atoms with Gasteiger partial charge in [0.1, 0.15) is 16.8 Å². The van der Waals surface area contributed by atoms with Crippen LogP contribution < -0.4 is 5.32 Å². The van der Waals surface area contributed by atoms with Gasteiger partial charge >= 0.3 is 6.18 Å². The van der Waals surface area contributed by atoms with Gasteiger partial charge in [0.15, 0.2) is 0 Å². The molecule has 0 aromatic carbocycles. The topological polar surface area (TPSA) is 83.6 Å². The Bertz CT molecular complexity index is 915. The van der Waals surface area contributed by atoms with Crippen LogP contribution in [0.2, 0.25) is 0 Å². The molecular formula is C18H20F3N5OS. The lowest BCUT2D eigenvalue weighted by molar-refractivity contribution is -0.141. The number of thioether (sulfide) groups is 1. The quantitative estimate of drug-likeness (QED) is 0.735. The third-order valence-electron chi connectivity index (χ3n) is 3.96. The third-order valence-corrected chi connectivity index (χ3v) is 4.94. The molecule has 0 atom stereocenters. The van der Waals surface area contributed by atoms with Gasteiger partial charge in [-0.25, -0.2) is 4.98 Å². The van der Waals surface area contributed by atoms with E-state index in [1.807, 2.05) is 19.9 Å². The lowest BCUT2D eigenvalue weighted by Gasteiger charge is -2.14. The highest BCUT2D eigenvalue weighted by Gasteiger charge is 2.35. The molecule has 6 nitrogen and oxygen atoms in total. The molecule has 2 rings (SSSR count). The maximum Gasteiger partial charge on any atom is 0.433 e. The number of nitriles is 1. The van der Waals surface area contributed by atoms with Crippen LogP contribution in [0.5, 0.6) is 0 Å². The number of amides is 1. The maximum atomic E-state index is 13.4. The number of aryl methyl sites for hydroxylation is 1. The maximum absolute atomic E-state index is 13.4. The number of alkyl halides is 3.